The van der Waals surface area contributed by atoms with Crippen LogP contribution in [0.2, 0.25) is 30.1 Å². The largest absolute Gasteiger partial charge is 0.451 e. The molecule has 2 rings (SSSR count). The van der Waals surface area contributed by atoms with E-state index in [0.717, 1.165) is 0 Å². The van der Waals surface area contributed by atoms with Crippen molar-refractivity contribution in [2.75, 3.05) is 19.8 Å². The summed E-state index contributed by atoms with van der Waals surface area (Å²) in [6.45, 7) is 5.33. The normalized spacial score (nSPS) is 11.2. The summed E-state index contributed by atoms with van der Waals surface area (Å²) < 4.78 is 10.7. The van der Waals surface area contributed by atoms with Gasteiger partial charge in [-0.15, -0.1) is 12.4 Å². The van der Waals surface area contributed by atoms with Crippen molar-refractivity contribution in [3.05, 3.63) is 54.4 Å². The summed E-state index contributed by atoms with van der Waals surface area (Å²) in [4.78, 5) is 0. The molecule has 0 saturated carbocycles. The smallest absolute Gasteiger partial charge is 0.164 e. The molecular formula is C18H20Cl7NO3. The number of aliphatic hydroxyl groups is 1. The summed E-state index contributed by atoms with van der Waals surface area (Å²) in [7, 11) is 0. The monoisotopic (exact) mass is 543 g/mol. The van der Waals surface area contributed by atoms with Gasteiger partial charge in [0.15, 0.2) is 11.5 Å². The molecule has 0 aromatic heterocycles. The second-order valence-electron chi connectivity index (χ2n) is 5.27. The molecule has 0 saturated heterocycles. The molecule has 4 nitrogen and oxygen atoms in total. The second-order valence-corrected chi connectivity index (χ2v) is 7.78. The fourth-order valence-electron chi connectivity index (χ4n) is 1.93. The van der Waals surface area contributed by atoms with Crippen LogP contribution < -0.4 is 10.1 Å². The highest BCUT2D eigenvalue weighted by Gasteiger charge is 2.15. The van der Waals surface area contributed by atoms with Gasteiger partial charge in [-0.2, -0.15) is 0 Å². The summed E-state index contributed by atoms with van der Waals surface area (Å²) in [6.07, 6.45) is 0.0575. The summed E-state index contributed by atoms with van der Waals surface area (Å²) >= 11 is 35.7. The summed E-state index contributed by atoms with van der Waals surface area (Å²) in [5.41, 5.74) is 0. The zero-order valence-corrected chi connectivity index (χ0v) is 20.8. The summed E-state index contributed by atoms with van der Waals surface area (Å²) in [6, 6.07) is 6.01. The summed E-state index contributed by atoms with van der Waals surface area (Å²) in [5, 5.41) is 13.1. The number of ether oxygens (including phenoxy) is 2. The van der Waals surface area contributed by atoms with E-state index in [-0.39, 0.29) is 56.8 Å². The average molecular weight is 547 g/mol. The lowest BCUT2D eigenvalue weighted by molar-refractivity contribution is 0.0486. The minimum atomic E-state index is 0. The third-order valence-electron chi connectivity index (χ3n) is 3.09. The Morgan fingerprint density at radius 2 is 1.24 bits per heavy atom. The lowest BCUT2D eigenvalue weighted by Crippen LogP contribution is -2.31. The van der Waals surface area contributed by atoms with Crippen LogP contribution in [0.1, 0.15) is 13.8 Å². The number of nitrogens with one attached hydrogen (secondary N) is 1. The van der Waals surface area contributed by atoms with Crippen LogP contribution in [0.15, 0.2) is 24.3 Å². The van der Waals surface area contributed by atoms with Crippen LogP contribution in [0.3, 0.4) is 0 Å². The SMILES string of the molecule is CCOC(C)NCCO.Cl.Clc1cc(Cl)c(Oc2c(Cl)cc(Cl)cc2Cl)c(Cl)c1. The quantitative estimate of drug-likeness (QED) is 0.349. The Labute approximate surface area is 206 Å². The molecule has 164 valence electrons. The lowest BCUT2D eigenvalue weighted by Gasteiger charge is -2.12. The number of rotatable bonds is 7. The Balaban J connectivity index is 0.000000672. The van der Waals surface area contributed by atoms with Crippen molar-refractivity contribution >= 4 is 82.0 Å². The number of benzene rings is 2. The minimum absolute atomic E-state index is 0. The second kappa shape index (κ2) is 15.0. The molecule has 0 amide bonds. The molecule has 2 N–H and O–H groups in total. The van der Waals surface area contributed by atoms with Crippen LogP contribution in [0.5, 0.6) is 11.5 Å². The number of hydrogen-bond donors (Lipinski definition) is 2. The van der Waals surface area contributed by atoms with E-state index < -0.39 is 0 Å². The van der Waals surface area contributed by atoms with E-state index >= 15 is 0 Å². The lowest BCUT2D eigenvalue weighted by atomic mass is 10.3. The molecule has 1 atom stereocenters. The molecule has 2 aromatic rings. The van der Waals surface area contributed by atoms with Gasteiger partial charge in [-0.1, -0.05) is 69.6 Å². The molecule has 29 heavy (non-hydrogen) atoms. The zero-order valence-electron chi connectivity index (χ0n) is 15.4. The molecule has 11 heteroatoms. The van der Waals surface area contributed by atoms with E-state index in [2.05, 4.69) is 5.32 Å². The van der Waals surface area contributed by atoms with Crippen LogP contribution in [-0.4, -0.2) is 31.1 Å². The van der Waals surface area contributed by atoms with Gasteiger partial charge in [0.05, 0.1) is 26.7 Å². The van der Waals surface area contributed by atoms with Crippen molar-refractivity contribution in [3.63, 3.8) is 0 Å². The van der Waals surface area contributed by atoms with Crippen LogP contribution in [0.25, 0.3) is 0 Å². The topological polar surface area (TPSA) is 50.7 Å². The maximum atomic E-state index is 8.37. The van der Waals surface area contributed by atoms with E-state index in [0.29, 0.717) is 23.2 Å². The number of hydrogen-bond acceptors (Lipinski definition) is 4. The number of halogens is 7. The Morgan fingerprint density at radius 3 is 1.55 bits per heavy atom. The predicted molar refractivity (Wildman–Crippen MR) is 126 cm³/mol. The molecule has 0 heterocycles. The van der Waals surface area contributed by atoms with Crippen molar-refractivity contribution in [1.29, 1.82) is 0 Å². The van der Waals surface area contributed by atoms with E-state index in [1.807, 2.05) is 13.8 Å². The van der Waals surface area contributed by atoms with Crippen LogP contribution >= 0.6 is 82.0 Å². The molecular weight excluding hydrogens is 526 g/mol. The standard InChI is InChI=1S/C12H4Cl6O.C6H15NO2.ClH/c13-5-1-7(15)11(8(16)2-5)19-12-9(17)3-6(14)4-10(12)18;1-3-9-6(2)7-4-5-8;/h1-4H;6-8H,3-5H2,1-2H3;1H. The highest BCUT2D eigenvalue weighted by Crippen LogP contribution is 2.44. The van der Waals surface area contributed by atoms with Gasteiger partial charge in [-0.25, -0.2) is 0 Å². The first-order chi connectivity index (χ1) is 13.2. The van der Waals surface area contributed by atoms with Crippen molar-refractivity contribution in [1.82, 2.24) is 5.32 Å². The first kappa shape index (κ1) is 29.1. The first-order valence-electron chi connectivity index (χ1n) is 8.12. The van der Waals surface area contributed by atoms with E-state index in [1.165, 1.54) is 24.3 Å². The van der Waals surface area contributed by atoms with Crippen LogP contribution in [-0.2, 0) is 4.74 Å². The van der Waals surface area contributed by atoms with Gasteiger partial charge >= 0.3 is 0 Å². The van der Waals surface area contributed by atoms with Crippen molar-refractivity contribution in [2.24, 2.45) is 0 Å². The molecule has 0 bridgehead atoms. The average Bonchev–Trinajstić information content (AvgIpc) is 2.58. The van der Waals surface area contributed by atoms with E-state index in [1.54, 1.807) is 0 Å². The van der Waals surface area contributed by atoms with Crippen molar-refractivity contribution in [2.45, 2.75) is 20.1 Å². The third-order valence-corrected chi connectivity index (χ3v) is 4.65. The molecule has 0 aliphatic rings. The highest BCUT2D eigenvalue weighted by atomic mass is 35.5. The van der Waals surface area contributed by atoms with Crippen LogP contribution in [0.4, 0.5) is 0 Å². The van der Waals surface area contributed by atoms with E-state index in [9.17, 15) is 0 Å². The Morgan fingerprint density at radius 1 is 0.862 bits per heavy atom. The van der Waals surface area contributed by atoms with Gasteiger partial charge in [0.25, 0.3) is 0 Å². The highest BCUT2D eigenvalue weighted by molar-refractivity contribution is 6.41. The van der Waals surface area contributed by atoms with Gasteiger partial charge in [0, 0.05) is 23.2 Å². The third kappa shape index (κ3) is 10.3. The number of aliphatic hydroxyl groups excluding tert-OH is 1. The van der Waals surface area contributed by atoms with Gasteiger partial charge in [-0.3, -0.25) is 5.32 Å². The van der Waals surface area contributed by atoms with E-state index in [4.69, 9.17) is 84.2 Å². The molecule has 0 spiro atoms. The molecule has 0 radical (unpaired) electrons. The minimum Gasteiger partial charge on any atom is -0.451 e. The van der Waals surface area contributed by atoms with Gasteiger partial charge in [-0.05, 0) is 38.1 Å². The first-order valence-corrected chi connectivity index (χ1v) is 10.4. The molecule has 0 fully saturated rings. The summed E-state index contributed by atoms with van der Waals surface area (Å²) in [5.74, 6) is 0.442. The Kier molecular flexibility index (Phi) is 15.1. The molecule has 0 aliphatic carbocycles. The molecule has 1 unspecified atom stereocenters. The van der Waals surface area contributed by atoms with Crippen molar-refractivity contribution in [3.8, 4) is 11.5 Å². The fourth-order valence-corrected chi connectivity index (χ4v) is 3.72. The van der Waals surface area contributed by atoms with Gasteiger partial charge in [0.1, 0.15) is 6.23 Å². The van der Waals surface area contributed by atoms with Crippen LogP contribution in [0, 0.1) is 0 Å². The van der Waals surface area contributed by atoms with Gasteiger partial charge in [0.2, 0.25) is 0 Å². The van der Waals surface area contributed by atoms with Crippen molar-refractivity contribution < 1.29 is 14.6 Å². The fraction of sp³-hybridized carbons (Fsp3) is 0.333. The Hall–Kier alpha value is 0.150. The Bertz CT molecular complexity index is 676. The zero-order chi connectivity index (χ0) is 21.3. The maximum Gasteiger partial charge on any atom is 0.164 e. The maximum absolute atomic E-state index is 8.37. The molecule has 2 aromatic carbocycles. The predicted octanol–water partition coefficient (Wildman–Crippen LogP) is 7.77. The van der Waals surface area contributed by atoms with Gasteiger partial charge < -0.3 is 14.6 Å². The molecule has 0 aliphatic heterocycles.